The Balaban J connectivity index is 2.57. The maximum absolute atomic E-state index is 5.85. The largest absolute Gasteiger partial charge is 0.369 e. The van der Waals surface area contributed by atoms with E-state index in [1.54, 1.807) is 4.57 Å². The molecule has 14 heavy (non-hydrogen) atoms. The Morgan fingerprint density at radius 1 is 1.57 bits per heavy atom. The highest BCUT2D eigenvalue weighted by molar-refractivity contribution is 9.10. The van der Waals surface area contributed by atoms with Crippen LogP contribution in [0.25, 0.3) is 10.6 Å². The van der Waals surface area contributed by atoms with Gasteiger partial charge in [0.2, 0.25) is 5.95 Å². The molecule has 0 unspecified atom stereocenters. The van der Waals surface area contributed by atoms with Gasteiger partial charge in [-0.05, 0) is 28.1 Å². The van der Waals surface area contributed by atoms with Gasteiger partial charge in [0.25, 0.3) is 0 Å². The van der Waals surface area contributed by atoms with Gasteiger partial charge < -0.3 is 10.3 Å². The Morgan fingerprint density at radius 2 is 2.29 bits per heavy atom. The molecule has 2 heterocycles. The molecule has 3 nitrogen and oxygen atoms in total. The van der Waals surface area contributed by atoms with E-state index < -0.39 is 0 Å². The first-order valence-corrected chi connectivity index (χ1v) is 5.81. The zero-order valence-electron chi connectivity index (χ0n) is 7.29. The van der Waals surface area contributed by atoms with Gasteiger partial charge >= 0.3 is 0 Å². The predicted octanol–water partition coefficient (Wildman–Crippen LogP) is 3.15. The number of hydrogen-bond acceptors (Lipinski definition) is 3. The van der Waals surface area contributed by atoms with E-state index in [-0.39, 0.29) is 0 Å². The van der Waals surface area contributed by atoms with Crippen molar-refractivity contribution in [2.24, 2.45) is 7.05 Å². The molecule has 0 fully saturated rings. The van der Waals surface area contributed by atoms with Crippen LogP contribution in [0, 0.1) is 0 Å². The van der Waals surface area contributed by atoms with Gasteiger partial charge in [0.15, 0.2) is 0 Å². The second-order valence-corrected chi connectivity index (χ2v) is 5.24. The molecular weight excluding hydrogens is 286 g/mol. The maximum atomic E-state index is 5.85. The number of halogens is 2. The van der Waals surface area contributed by atoms with Gasteiger partial charge in [-0.25, -0.2) is 4.98 Å². The molecule has 0 aliphatic heterocycles. The summed E-state index contributed by atoms with van der Waals surface area (Å²) in [5.41, 5.74) is 6.51. The average molecular weight is 293 g/mol. The minimum atomic E-state index is 0.483. The molecule has 0 saturated heterocycles. The third-order valence-electron chi connectivity index (χ3n) is 1.87. The Morgan fingerprint density at radius 3 is 2.71 bits per heavy atom. The predicted molar refractivity (Wildman–Crippen MR) is 63.6 cm³/mol. The summed E-state index contributed by atoms with van der Waals surface area (Å²) < 4.78 is 3.40. The normalized spacial score (nSPS) is 10.8. The fourth-order valence-corrected chi connectivity index (χ4v) is 2.74. The van der Waals surface area contributed by atoms with Crippen LogP contribution in [0.15, 0.2) is 16.7 Å². The van der Waals surface area contributed by atoms with Crippen molar-refractivity contribution in [1.29, 1.82) is 0 Å². The summed E-state index contributed by atoms with van der Waals surface area (Å²) in [6.07, 6.45) is 0. The summed E-state index contributed by atoms with van der Waals surface area (Å²) in [6.45, 7) is 0. The smallest absolute Gasteiger partial charge is 0.201 e. The quantitative estimate of drug-likeness (QED) is 0.877. The zero-order valence-corrected chi connectivity index (χ0v) is 10.4. The Bertz CT molecular complexity index is 477. The van der Waals surface area contributed by atoms with Crippen LogP contribution in [-0.2, 0) is 7.05 Å². The molecule has 0 spiro atoms. The van der Waals surface area contributed by atoms with E-state index in [0.717, 1.165) is 19.5 Å². The second-order valence-electron chi connectivity index (χ2n) is 2.77. The van der Waals surface area contributed by atoms with Crippen LogP contribution in [0.4, 0.5) is 5.95 Å². The first kappa shape index (κ1) is 10.0. The van der Waals surface area contributed by atoms with Crippen molar-refractivity contribution < 1.29 is 0 Å². The molecule has 0 aliphatic rings. The monoisotopic (exact) mass is 291 g/mol. The van der Waals surface area contributed by atoms with Gasteiger partial charge in [0.05, 0.1) is 9.21 Å². The molecule has 74 valence electrons. The van der Waals surface area contributed by atoms with Crippen molar-refractivity contribution in [2.45, 2.75) is 0 Å². The summed E-state index contributed by atoms with van der Waals surface area (Å²) in [7, 11) is 1.85. The van der Waals surface area contributed by atoms with Crippen LogP contribution in [0.1, 0.15) is 0 Å². The van der Waals surface area contributed by atoms with Gasteiger partial charge in [-0.1, -0.05) is 11.6 Å². The summed E-state index contributed by atoms with van der Waals surface area (Å²) in [5.74, 6) is 0.483. The average Bonchev–Trinajstić information content (AvgIpc) is 2.66. The number of hydrogen-bond donors (Lipinski definition) is 1. The lowest BCUT2D eigenvalue weighted by Crippen LogP contribution is -1.96. The van der Waals surface area contributed by atoms with Gasteiger partial charge in [-0.15, -0.1) is 11.3 Å². The Kier molecular flexibility index (Phi) is 2.55. The standard InChI is InChI=1S/C8H7BrClN3S/c1-13-7(9)6(12-8(13)11)4-2-3-5(10)14-4/h2-3H,1H3,(H2,11,12). The fraction of sp³-hybridized carbons (Fsp3) is 0.125. The molecule has 2 aromatic heterocycles. The second kappa shape index (κ2) is 3.56. The molecule has 2 N–H and O–H groups in total. The number of nitrogens with zero attached hydrogens (tertiary/aromatic N) is 2. The van der Waals surface area contributed by atoms with Crippen LogP contribution in [0.5, 0.6) is 0 Å². The number of rotatable bonds is 1. The minimum Gasteiger partial charge on any atom is -0.369 e. The van der Waals surface area contributed by atoms with E-state index in [2.05, 4.69) is 20.9 Å². The van der Waals surface area contributed by atoms with Crippen LogP contribution < -0.4 is 5.73 Å². The molecular formula is C8H7BrClN3S. The molecule has 0 amide bonds. The van der Waals surface area contributed by atoms with Crippen LogP contribution in [-0.4, -0.2) is 9.55 Å². The third-order valence-corrected chi connectivity index (χ3v) is 4.01. The van der Waals surface area contributed by atoms with Crippen molar-refractivity contribution in [1.82, 2.24) is 9.55 Å². The summed E-state index contributed by atoms with van der Waals surface area (Å²) in [4.78, 5) is 5.25. The van der Waals surface area contributed by atoms with E-state index in [9.17, 15) is 0 Å². The van der Waals surface area contributed by atoms with Crippen molar-refractivity contribution >= 4 is 44.8 Å². The zero-order chi connectivity index (χ0) is 10.3. The lowest BCUT2D eigenvalue weighted by atomic mass is 10.4. The Labute approximate surface area is 98.6 Å². The van der Waals surface area contributed by atoms with Crippen molar-refractivity contribution in [2.75, 3.05) is 5.73 Å². The van der Waals surface area contributed by atoms with E-state index in [0.29, 0.717) is 5.95 Å². The molecule has 0 radical (unpaired) electrons. The van der Waals surface area contributed by atoms with E-state index in [1.165, 1.54) is 11.3 Å². The third kappa shape index (κ3) is 1.55. The number of nitrogen functional groups attached to an aromatic ring is 1. The first-order valence-electron chi connectivity index (χ1n) is 3.83. The molecule has 0 aliphatic carbocycles. The van der Waals surface area contributed by atoms with E-state index in [4.69, 9.17) is 17.3 Å². The topological polar surface area (TPSA) is 43.8 Å². The minimum absolute atomic E-state index is 0.483. The summed E-state index contributed by atoms with van der Waals surface area (Å²) in [6, 6.07) is 3.78. The van der Waals surface area contributed by atoms with Crippen molar-refractivity contribution in [3.63, 3.8) is 0 Å². The molecule has 6 heteroatoms. The fourth-order valence-electron chi connectivity index (χ4n) is 1.09. The van der Waals surface area contributed by atoms with Gasteiger partial charge in [0.1, 0.15) is 10.3 Å². The molecule has 0 aromatic carbocycles. The van der Waals surface area contributed by atoms with Crippen molar-refractivity contribution in [3.8, 4) is 10.6 Å². The maximum Gasteiger partial charge on any atom is 0.201 e. The molecule has 2 rings (SSSR count). The number of thiophene rings is 1. The van der Waals surface area contributed by atoms with Crippen LogP contribution in [0.2, 0.25) is 4.34 Å². The Hall–Kier alpha value is -0.520. The molecule has 0 bridgehead atoms. The SMILES string of the molecule is Cn1c(N)nc(-c2ccc(Cl)s2)c1Br. The highest BCUT2D eigenvalue weighted by Gasteiger charge is 2.13. The lowest BCUT2D eigenvalue weighted by Gasteiger charge is -1.94. The lowest BCUT2D eigenvalue weighted by molar-refractivity contribution is 0.907. The highest BCUT2D eigenvalue weighted by Crippen LogP contribution is 2.35. The van der Waals surface area contributed by atoms with Crippen molar-refractivity contribution in [3.05, 3.63) is 21.1 Å². The van der Waals surface area contributed by atoms with Gasteiger partial charge in [-0.2, -0.15) is 0 Å². The number of aromatic nitrogens is 2. The van der Waals surface area contributed by atoms with Gasteiger partial charge in [-0.3, -0.25) is 0 Å². The van der Waals surface area contributed by atoms with Crippen LogP contribution in [0.3, 0.4) is 0 Å². The first-order chi connectivity index (χ1) is 6.59. The molecule has 0 atom stereocenters. The van der Waals surface area contributed by atoms with E-state index in [1.807, 2.05) is 19.2 Å². The van der Waals surface area contributed by atoms with E-state index >= 15 is 0 Å². The summed E-state index contributed by atoms with van der Waals surface area (Å²) in [5, 5.41) is 0. The molecule has 2 aromatic rings. The number of imidazole rings is 1. The van der Waals surface area contributed by atoms with Crippen LogP contribution >= 0.6 is 38.9 Å². The number of anilines is 1. The highest BCUT2D eigenvalue weighted by atomic mass is 79.9. The molecule has 0 saturated carbocycles. The summed E-state index contributed by atoms with van der Waals surface area (Å²) >= 11 is 10.8. The number of nitrogens with two attached hydrogens (primary N) is 1. The van der Waals surface area contributed by atoms with Gasteiger partial charge in [0, 0.05) is 7.05 Å².